The Bertz CT molecular complexity index is 1200. The molecule has 4 rings (SSSR count). The highest BCUT2D eigenvalue weighted by Crippen LogP contribution is 2.39. The van der Waals surface area contributed by atoms with E-state index in [9.17, 15) is 9.59 Å². The van der Waals surface area contributed by atoms with Crippen molar-refractivity contribution in [2.75, 3.05) is 33.8 Å². The summed E-state index contributed by atoms with van der Waals surface area (Å²) in [7, 11) is 4.01. The summed E-state index contributed by atoms with van der Waals surface area (Å²) in [5, 5.41) is 0.509. The van der Waals surface area contributed by atoms with Crippen LogP contribution in [0.1, 0.15) is 53.1 Å². The number of amides is 1. The van der Waals surface area contributed by atoms with Crippen molar-refractivity contribution in [1.82, 2.24) is 9.80 Å². The second kappa shape index (κ2) is 9.17. The smallest absolute Gasteiger partial charge is 0.290 e. The highest BCUT2D eigenvalue weighted by atomic mass is 16.5. The number of fused-ring (bicyclic) bond motifs is 2. The number of hydrogen-bond donors (Lipinski definition) is 0. The van der Waals surface area contributed by atoms with Crippen LogP contribution in [0.3, 0.4) is 0 Å². The number of ether oxygens (including phenoxy) is 1. The van der Waals surface area contributed by atoms with E-state index in [0.717, 1.165) is 36.3 Å². The minimum atomic E-state index is -0.494. The van der Waals surface area contributed by atoms with Gasteiger partial charge in [0.15, 0.2) is 5.43 Å². The molecule has 2 aromatic carbocycles. The SMILES string of the molecule is CCCOc1cccc(C2c3c(oc4ccc(C)cc4c3=O)C(=O)N2CCCN(C)C)c1. The maximum absolute atomic E-state index is 13.6. The van der Waals surface area contributed by atoms with Crippen molar-refractivity contribution in [3.05, 3.63) is 75.1 Å². The van der Waals surface area contributed by atoms with Gasteiger partial charge in [-0.1, -0.05) is 30.7 Å². The average Bonchev–Trinajstić information content (AvgIpc) is 3.05. The Balaban J connectivity index is 1.84. The van der Waals surface area contributed by atoms with Gasteiger partial charge in [0.05, 0.1) is 23.6 Å². The van der Waals surface area contributed by atoms with Crippen LogP contribution in [-0.4, -0.2) is 49.5 Å². The van der Waals surface area contributed by atoms with E-state index in [1.165, 1.54) is 0 Å². The molecule has 0 saturated heterocycles. The lowest BCUT2D eigenvalue weighted by molar-refractivity contribution is 0.0722. The molecule has 6 heteroatoms. The van der Waals surface area contributed by atoms with E-state index in [1.807, 2.05) is 57.4 Å². The van der Waals surface area contributed by atoms with Crippen LogP contribution >= 0.6 is 0 Å². The molecule has 32 heavy (non-hydrogen) atoms. The zero-order chi connectivity index (χ0) is 22.8. The van der Waals surface area contributed by atoms with E-state index < -0.39 is 6.04 Å². The first-order valence-electron chi connectivity index (χ1n) is 11.2. The molecule has 6 nitrogen and oxygen atoms in total. The third kappa shape index (κ3) is 4.15. The quantitative estimate of drug-likeness (QED) is 0.526. The fourth-order valence-corrected chi connectivity index (χ4v) is 4.26. The molecule has 0 saturated carbocycles. The van der Waals surface area contributed by atoms with Gasteiger partial charge < -0.3 is 19.0 Å². The Labute approximate surface area is 188 Å². The van der Waals surface area contributed by atoms with Crippen LogP contribution in [0, 0.1) is 6.92 Å². The first-order valence-corrected chi connectivity index (χ1v) is 11.2. The van der Waals surface area contributed by atoms with Crippen molar-refractivity contribution in [2.24, 2.45) is 0 Å². The standard InChI is InChI=1S/C26H30N2O4/c1-5-14-31-19-9-6-8-18(16-19)23-22-24(29)20-15-17(2)10-11-21(20)32-25(22)26(30)28(23)13-7-12-27(3)4/h6,8-11,15-16,23H,5,7,12-14H2,1-4H3. The van der Waals surface area contributed by atoms with Gasteiger partial charge in [0.25, 0.3) is 5.91 Å². The molecule has 0 bridgehead atoms. The summed E-state index contributed by atoms with van der Waals surface area (Å²) in [5.74, 6) is 0.656. The van der Waals surface area contributed by atoms with Crippen LogP contribution < -0.4 is 10.2 Å². The van der Waals surface area contributed by atoms with Crippen molar-refractivity contribution in [3.63, 3.8) is 0 Å². The van der Waals surface area contributed by atoms with Gasteiger partial charge in [-0.15, -0.1) is 0 Å². The van der Waals surface area contributed by atoms with Gasteiger partial charge in [0.2, 0.25) is 5.76 Å². The molecule has 1 atom stereocenters. The van der Waals surface area contributed by atoms with Crippen LogP contribution in [0.15, 0.2) is 51.7 Å². The predicted octanol–water partition coefficient (Wildman–Crippen LogP) is 4.39. The molecule has 0 spiro atoms. The summed E-state index contributed by atoms with van der Waals surface area (Å²) < 4.78 is 11.8. The third-order valence-corrected chi connectivity index (χ3v) is 5.77. The first-order chi connectivity index (χ1) is 15.4. The topological polar surface area (TPSA) is 63.0 Å². The van der Waals surface area contributed by atoms with E-state index in [0.29, 0.717) is 29.7 Å². The molecule has 3 aromatic rings. The van der Waals surface area contributed by atoms with E-state index >= 15 is 0 Å². The van der Waals surface area contributed by atoms with Crippen LogP contribution in [0.5, 0.6) is 5.75 Å². The number of rotatable bonds is 8. The molecule has 1 aliphatic heterocycles. The van der Waals surface area contributed by atoms with Gasteiger partial charge >= 0.3 is 0 Å². The van der Waals surface area contributed by atoms with Crippen molar-refractivity contribution in [3.8, 4) is 5.75 Å². The minimum Gasteiger partial charge on any atom is -0.494 e. The largest absolute Gasteiger partial charge is 0.494 e. The summed E-state index contributed by atoms with van der Waals surface area (Å²) >= 11 is 0. The van der Waals surface area contributed by atoms with E-state index in [2.05, 4.69) is 11.8 Å². The fourth-order valence-electron chi connectivity index (χ4n) is 4.26. The number of benzene rings is 2. The molecular formula is C26H30N2O4. The van der Waals surface area contributed by atoms with Gasteiger partial charge in [0, 0.05) is 6.54 Å². The van der Waals surface area contributed by atoms with Crippen molar-refractivity contribution in [2.45, 2.75) is 32.7 Å². The molecule has 1 aliphatic rings. The lowest BCUT2D eigenvalue weighted by atomic mass is 9.98. The summed E-state index contributed by atoms with van der Waals surface area (Å²) in [6.07, 6.45) is 1.70. The molecule has 1 amide bonds. The van der Waals surface area contributed by atoms with Crippen molar-refractivity contribution < 1.29 is 13.9 Å². The summed E-state index contributed by atoms with van der Waals surface area (Å²) in [6, 6.07) is 12.7. The van der Waals surface area contributed by atoms with Gasteiger partial charge in [-0.3, -0.25) is 9.59 Å². The Morgan fingerprint density at radius 2 is 1.94 bits per heavy atom. The average molecular weight is 435 g/mol. The number of hydrogen-bond acceptors (Lipinski definition) is 5. The predicted molar refractivity (Wildman–Crippen MR) is 125 cm³/mol. The minimum absolute atomic E-state index is 0.140. The number of carbonyl (C=O) groups is 1. The monoisotopic (exact) mass is 434 g/mol. The van der Waals surface area contributed by atoms with Gasteiger partial charge in [-0.25, -0.2) is 0 Å². The van der Waals surface area contributed by atoms with Gasteiger partial charge in [-0.05, 0) is 70.2 Å². The number of carbonyl (C=O) groups excluding carboxylic acids is 1. The number of aryl methyl sites for hydroxylation is 1. The molecule has 2 heterocycles. The van der Waals surface area contributed by atoms with Gasteiger partial charge in [0.1, 0.15) is 11.3 Å². The maximum atomic E-state index is 13.6. The van der Waals surface area contributed by atoms with Crippen LogP contribution in [0.4, 0.5) is 0 Å². The fraction of sp³-hybridized carbons (Fsp3) is 0.385. The second-order valence-electron chi connectivity index (χ2n) is 8.65. The normalized spacial score (nSPS) is 15.6. The van der Waals surface area contributed by atoms with Crippen LogP contribution in [-0.2, 0) is 0 Å². The molecule has 168 valence electrons. The zero-order valence-electron chi connectivity index (χ0n) is 19.2. The lowest BCUT2D eigenvalue weighted by Crippen LogP contribution is -2.32. The summed E-state index contributed by atoms with van der Waals surface area (Å²) in [5.41, 5.74) is 2.56. The van der Waals surface area contributed by atoms with Crippen LogP contribution in [0.25, 0.3) is 11.0 Å². The zero-order valence-corrected chi connectivity index (χ0v) is 19.2. The summed E-state index contributed by atoms with van der Waals surface area (Å²) in [6.45, 7) is 5.98. The molecule has 0 radical (unpaired) electrons. The third-order valence-electron chi connectivity index (χ3n) is 5.77. The van der Waals surface area contributed by atoms with Crippen molar-refractivity contribution in [1.29, 1.82) is 0 Å². The van der Waals surface area contributed by atoms with E-state index in [1.54, 1.807) is 11.0 Å². The Morgan fingerprint density at radius 3 is 2.69 bits per heavy atom. The van der Waals surface area contributed by atoms with Gasteiger partial charge in [-0.2, -0.15) is 0 Å². The summed E-state index contributed by atoms with van der Waals surface area (Å²) in [4.78, 5) is 30.9. The van der Waals surface area contributed by atoms with E-state index in [4.69, 9.17) is 9.15 Å². The first kappa shape index (κ1) is 22.1. The highest BCUT2D eigenvalue weighted by molar-refractivity contribution is 5.99. The molecule has 1 aromatic heterocycles. The Hall–Kier alpha value is -3.12. The molecule has 0 aliphatic carbocycles. The van der Waals surface area contributed by atoms with Crippen molar-refractivity contribution >= 4 is 16.9 Å². The van der Waals surface area contributed by atoms with Crippen LogP contribution in [0.2, 0.25) is 0 Å². The maximum Gasteiger partial charge on any atom is 0.290 e. The highest BCUT2D eigenvalue weighted by Gasteiger charge is 2.42. The Morgan fingerprint density at radius 1 is 1.12 bits per heavy atom. The molecule has 0 fully saturated rings. The Kier molecular flexibility index (Phi) is 6.33. The second-order valence-corrected chi connectivity index (χ2v) is 8.65. The lowest BCUT2D eigenvalue weighted by Gasteiger charge is -2.26. The number of nitrogens with zero attached hydrogens (tertiary/aromatic N) is 2. The molecular weight excluding hydrogens is 404 g/mol. The molecule has 1 unspecified atom stereocenters. The van der Waals surface area contributed by atoms with E-state index in [-0.39, 0.29) is 17.1 Å². The molecule has 0 N–H and O–H groups in total.